The molecule has 0 saturated heterocycles. The van der Waals surface area contributed by atoms with Crippen molar-refractivity contribution in [3.8, 4) is 0 Å². The fourth-order valence-corrected chi connectivity index (χ4v) is 5.31. The number of hydrogen-bond acceptors (Lipinski definition) is 7. The molecule has 8 N–H and O–H groups in total. The van der Waals surface area contributed by atoms with E-state index in [1.54, 1.807) is 4.70 Å². The largest absolute Gasteiger partial charge is 0.323 e. The Bertz CT molecular complexity index is 1050. The lowest BCUT2D eigenvalue weighted by Gasteiger charge is -2.58. The lowest BCUT2D eigenvalue weighted by atomic mass is 9.52. The van der Waals surface area contributed by atoms with Gasteiger partial charge in [0.2, 0.25) is 0 Å². The second-order valence-electron chi connectivity index (χ2n) is 12.2. The third-order valence-corrected chi connectivity index (χ3v) is 9.86. The SMILES string of the molecule is C.C.C=C1N=C(C)C(C)(N)C(C)(N)C1(C)C.C=C1N=[N+](C)C2(N)C(C)(C)C(C)=NC(=C)C2(N)C1(C)C. The molecule has 36 heavy (non-hydrogen) atoms. The Balaban J connectivity index is 0.000000682. The van der Waals surface area contributed by atoms with Crippen LogP contribution in [0.5, 0.6) is 0 Å². The standard InChI is InChI=1S/C15H26N5.C11H21N3.2CH4/c1-9-13(6,7)15(17)14(16,11(3)18-9)12(4,5)10(2)19-20(15)8;1-7-9(3,4)11(6,13)10(5,12)8(2)14-7;;/h2-3,16-17H2,1,4-8H3;1,12-13H2,2-6H3;2*1H4/q+1;;;. The van der Waals surface area contributed by atoms with Crippen molar-refractivity contribution in [2.45, 2.75) is 106 Å². The van der Waals surface area contributed by atoms with Crippen molar-refractivity contribution < 1.29 is 4.70 Å². The van der Waals surface area contributed by atoms with E-state index in [-0.39, 0.29) is 20.3 Å². The molecular weight excluding hydrogens is 448 g/mol. The summed E-state index contributed by atoms with van der Waals surface area (Å²) in [7, 11) is 1.84. The maximum Gasteiger partial charge on any atom is 0.273 e. The van der Waals surface area contributed by atoms with Crippen LogP contribution in [-0.4, -0.2) is 45.4 Å². The van der Waals surface area contributed by atoms with Gasteiger partial charge in [-0.15, -0.1) is 4.70 Å². The third kappa shape index (κ3) is 3.71. The number of hydrogen-bond donors (Lipinski definition) is 4. The molecule has 206 valence electrons. The van der Waals surface area contributed by atoms with Crippen LogP contribution in [0.25, 0.3) is 0 Å². The van der Waals surface area contributed by atoms with Crippen LogP contribution in [0.15, 0.2) is 51.9 Å². The van der Waals surface area contributed by atoms with Crippen molar-refractivity contribution in [3.63, 3.8) is 0 Å². The lowest BCUT2D eigenvalue weighted by molar-refractivity contribution is -0.674. The second kappa shape index (κ2) is 9.08. The van der Waals surface area contributed by atoms with E-state index in [0.717, 1.165) is 17.1 Å². The van der Waals surface area contributed by atoms with Gasteiger partial charge in [-0.3, -0.25) is 15.7 Å². The topological polar surface area (TPSA) is 144 Å². The van der Waals surface area contributed by atoms with Crippen LogP contribution in [0.2, 0.25) is 0 Å². The molecule has 0 aromatic heterocycles. The van der Waals surface area contributed by atoms with Crippen molar-refractivity contribution in [2.75, 3.05) is 7.05 Å². The quantitative estimate of drug-likeness (QED) is 0.355. The minimum absolute atomic E-state index is 0. The van der Waals surface area contributed by atoms with Gasteiger partial charge in [0.25, 0.3) is 5.66 Å². The Kier molecular flexibility index (Phi) is 8.58. The molecule has 4 atom stereocenters. The maximum absolute atomic E-state index is 6.86. The summed E-state index contributed by atoms with van der Waals surface area (Å²) >= 11 is 0. The first-order valence-corrected chi connectivity index (χ1v) is 11.7. The highest BCUT2D eigenvalue weighted by molar-refractivity contribution is 5.94. The zero-order chi connectivity index (χ0) is 27.1. The minimum Gasteiger partial charge on any atom is -0.323 e. The Morgan fingerprint density at radius 2 is 1.06 bits per heavy atom. The van der Waals surface area contributed by atoms with E-state index in [4.69, 9.17) is 22.9 Å². The smallest absolute Gasteiger partial charge is 0.273 e. The van der Waals surface area contributed by atoms with E-state index in [0.29, 0.717) is 11.4 Å². The van der Waals surface area contributed by atoms with Gasteiger partial charge in [-0.05, 0) is 46.7 Å². The molecule has 4 unspecified atom stereocenters. The van der Waals surface area contributed by atoms with Gasteiger partial charge in [0.15, 0.2) is 12.6 Å². The molecule has 3 heterocycles. The normalized spacial score (nSPS) is 38.1. The molecule has 8 heteroatoms. The van der Waals surface area contributed by atoms with Crippen LogP contribution in [0.3, 0.4) is 0 Å². The van der Waals surface area contributed by atoms with Gasteiger partial charge < -0.3 is 17.2 Å². The predicted molar refractivity (Wildman–Crippen MR) is 156 cm³/mol. The summed E-state index contributed by atoms with van der Waals surface area (Å²) in [6, 6.07) is 0. The van der Waals surface area contributed by atoms with E-state index in [2.05, 4.69) is 48.7 Å². The first kappa shape index (κ1) is 34.0. The summed E-state index contributed by atoms with van der Waals surface area (Å²) in [5.41, 5.74) is 25.9. The number of nitrogens with two attached hydrogens (primary N) is 4. The Morgan fingerprint density at radius 1 is 0.639 bits per heavy atom. The molecule has 3 aliphatic rings. The molecule has 0 radical (unpaired) electrons. The molecule has 0 aromatic rings. The highest BCUT2D eigenvalue weighted by atomic mass is 15.4. The van der Waals surface area contributed by atoms with Crippen LogP contribution >= 0.6 is 0 Å². The van der Waals surface area contributed by atoms with Crippen LogP contribution in [0.1, 0.15) is 84.1 Å². The van der Waals surface area contributed by atoms with Crippen LogP contribution in [0, 0.1) is 16.2 Å². The van der Waals surface area contributed by atoms with E-state index < -0.39 is 33.1 Å². The van der Waals surface area contributed by atoms with Crippen molar-refractivity contribution in [1.29, 1.82) is 0 Å². The van der Waals surface area contributed by atoms with Gasteiger partial charge in [-0.1, -0.05) is 62.3 Å². The van der Waals surface area contributed by atoms with Gasteiger partial charge in [-0.2, -0.15) is 0 Å². The summed E-state index contributed by atoms with van der Waals surface area (Å²) in [5.74, 6) is 0. The van der Waals surface area contributed by atoms with Crippen LogP contribution in [-0.2, 0) is 0 Å². The fourth-order valence-electron chi connectivity index (χ4n) is 5.31. The molecule has 0 aromatic carbocycles. The molecular formula is C28H55N8+. The average Bonchev–Trinajstić information content (AvgIpc) is 2.69. The Morgan fingerprint density at radius 3 is 1.50 bits per heavy atom. The number of rotatable bonds is 0. The number of likely N-dealkylation sites (N-methyl/N-ethyl adjacent to an activating group) is 1. The summed E-state index contributed by atoms with van der Waals surface area (Å²) in [5, 5.41) is 4.54. The fraction of sp³-hybridized carbons (Fsp3) is 0.714. The zero-order valence-corrected chi connectivity index (χ0v) is 23.2. The summed E-state index contributed by atoms with van der Waals surface area (Å²) < 4.78 is 1.74. The van der Waals surface area contributed by atoms with Crippen LogP contribution < -0.4 is 22.9 Å². The molecule has 3 rings (SSSR count). The molecule has 0 amide bonds. The number of nitrogens with zero attached hydrogens (tertiary/aromatic N) is 4. The van der Waals surface area contributed by atoms with E-state index in [9.17, 15) is 0 Å². The van der Waals surface area contributed by atoms with Crippen molar-refractivity contribution in [2.24, 2.45) is 54.3 Å². The number of aliphatic imine (C=N–C) groups is 2. The van der Waals surface area contributed by atoms with Gasteiger partial charge in [0, 0.05) is 33.5 Å². The third-order valence-electron chi connectivity index (χ3n) is 9.86. The predicted octanol–water partition coefficient (Wildman–Crippen LogP) is 4.71. The molecule has 0 spiro atoms. The molecule has 0 aliphatic carbocycles. The van der Waals surface area contributed by atoms with E-state index in [1.807, 2.05) is 62.4 Å². The second-order valence-corrected chi connectivity index (χ2v) is 12.2. The zero-order valence-electron chi connectivity index (χ0n) is 23.2. The molecule has 0 bridgehead atoms. The average molecular weight is 504 g/mol. The van der Waals surface area contributed by atoms with Crippen LogP contribution in [0.4, 0.5) is 0 Å². The van der Waals surface area contributed by atoms with Gasteiger partial charge >= 0.3 is 0 Å². The first-order valence-electron chi connectivity index (χ1n) is 11.7. The molecule has 3 aliphatic heterocycles. The number of fused-ring (bicyclic) bond motifs is 1. The van der Waals surface area contributed by atoms with Gasteiger partial charge in [0.1, 0.15) is 5.70 Å². The molecule has 8 nitrogen and oxygen atoms in total. The van der Waals surface area contributed by atoms with Crippen molar-refractivity contribution in [1.82, 2.24) is 0 Å². The lowest BCUT2D eigenvalue weighted by Crippen LogP contribution is -2.85. The summed E-state index contributed by atoms with van der Waals surface area (Å²) in [6.45, 7) is 32.1. The van der Waals surface area contributed by atoms with Gasteiger partial charge in [-0.25, -0.2) is 0 Å². The highest BCUT2D eigenvalue weighted by Gasteiger charge is 2.75. The monoisotopic (exact) mass is 503 g/mol. The van der Waals surface area contributed by atoms with Gasteiger partial charge in [0.05, 0.1) is 16.7 Å². The van der Waals surface area contributed by atoms with E-state index >= 15 is 0 Å². The van der Waals surface area contributed by atoms with Crippen molar-refractivity contribution >= 4 is 11.4 Å². The maximum atomic E-state index is 6.86. The minimum atomic E-state index is -0.948. The van der Waals surface area contributed by atoms with Crippen molar-refractivity contribution in [3.05, 3.63) is 36.8 Å². The molecule has 0 saturated carbocycles. The summed E-state index contributed by atoms with van der Waals surface area (Å²) in [4.78, 5) is 9.01. The molecule has 0 fully saturated rings. The highest BCUT2D eigenvalue weighted by Crippen LogP contribution is 2.57. The Hall–Kier alpha value is -2.00. The van der Waals surface area contributed by atoms with E-state index in [1.165, 1.54) is 0 Å². The Labute approximate surface area is 220 Å². The first-order chi connectivity index (χ1) is 14.9. The summed E-state index contributed by atoms with van der Waals surface area (Å²) in [6.07, 6.45) is 0. The number of azo groups is 2.